The fourth-order valence-corrected chi connectivity index (χ4v) is 4.87. The highest BCUT2D eigenvalue weighted by Gasteiger charge is 2.31. The van der Waals surface area contributed by atoms with E-state index in [0.717, 1.165) is 5.56 Å². The molecule has 156 valence electrons. The number of H-pyrrole nitrogens is 1. The molecule has 0 saturated carbocycles. The minimum Gasteiger partial charge on any atom is -0.336 e. The topological polar surface area (TPSA) is 86.4 Å². The molecular weight excluding hydrogens is 407 g/mol. The van der Waals surface area contributed by atoms with E-state index in [-0.39, 0.29) is 42.8 Å². The molecule has 0 unspecified atom stereocenters. The summed E-state index contributed by atoms with van der Waals surface area (Å²) in [7, 11) is -3.60. The number of hydrogen-bond donors (Lipinski definition) is 1. The molecule has 2 aromatic carbocycles. The molecular formula is C21H21FN4O3S. The first-order valence-electron chi connectivity index (χ1n) is 9.51. The Morgan fingerprint density at radius 2 is 1.63 bits per heavy atom. The highest BCUT2D eigenvalue weighted by Crippen LogP contribution is 2.24. The number of hydrogen-bond acceptors (Lipinski definition) is 4. The maximum Gasteiger partial charge on any atom is 0.257 e. The van der Waals surface area contributed by atoms with E-state index in [2.05, 4.69) is 10.2 Å². The Kier molecular flexibility index (Phi) is 5.40. The molecule has 1 aliphatic rings. The van der Waals surface area contributed by atoms with Crippen LogP contribution in [0.3, 0.4) is 0 Å². The smallest absolute Gasteiger partial charge is 0.257 e. The molecule has 0 atom stereocenters. The van der Waals surface area contributed by atoms with Crippen LogP contribution in [-0.2, 0) is 10.0 Å². The molecule has 30 heavy (non-hydrogen) atoms. The second-order valence-corrected chi connectivity index (χ2v) is 9.11. The van der Waals surface area contributed by atoms with E-state index < -0.39 is 10.0 Å². The summed E-state index contributed by atoms with van der Waals surface area (Å²) in [6, 6.07) is 12.5. The number of nitrogens with zero attached hydrogens (tertiary/aromatic N) is 3. The zero-order chi connectivity index (χ0) is 21.3. The van der Waals surface area contributed by atoms with Crippen LogP contribution < -0.4 is 0 Å². The Balaban J connectivity index is 1.47. The molecule has 0 radical (unpaired) electrons. The predicted octanol–water partition coefficient (Wildman–Crippen LogP) is 2.67. The number of amides is 1. The molecule has 1 amide bonds. The van der Waals surface area contributed by atoms with Crippen LogP contribution in [0, 0.1) is 12.7 Å². The van der Waals surface area contributed by atoms with Crippen LogP contribution in [0.1, 0.15) is 15.9 Å². The minimum absolute atomic E-state index is 0.214. The van der Waals surface area contributed by atoms with E-state index in [9.17, 15) is 17.6 Å². The van der Waals surface area contributed by atoms with Crippen LogP contribution in [0.2, 0.25) is 0 Å². The quantitative estimate of drug-likeness (QED) is 0.692. The number of sulfonamides is 1. The second-order valence-electron chi connectivity index (χ2n) is 7.17. The number of rotatable bonds is 4. The van der Waals surface area contributed by atoms with Crippen molar-refractivity contribution in [1.29, 1.82) is 0 Å². The molecule has 3 aromatic rings. The lowest BCUT2D eigenvalue weighted by molar-refractivity contribution is 0.0698. The first-order valence-corrected chi connectivity index (χ1v) is 11.0. The van der Waals surface area contributed by atoms with Crippen molar-refractivity contribution in [1.82, 2.24) is 19.4 Å². The third kappa shape index (κ3) is 3.86. The molecule has 1 aliphatic heterocycles. The first kappa shape index (κ1) is 20.2. The van der Waals surface area contributed by atoms with Gasteiger partial charge in [-0.05, 0) is 43.3 Å². The zero-order valence-electron chi connectivity index (χ0n) is 16.4. The normalized spacial score (nSPS) is 15.3. The molecule has 0 bridgehead atoms. The highest BCUT2D eigenvalue weighted by atomic mass is 32.2. The predicted molar refractivity (Wildman–Crippen MR) is 110 cm³/mol. The lowest BCUT2D eigenvalue weighted by Crippen LogP contribution is -2.50. The Morgan fingerprint density at radius 1 is 1.00 bits per heavy atom. The summed E-state index contributed by atoms with van der Waals surface area (Å²) >= 11 is 0. The van der Waals surface area contributed by atoms with Gasteiger partial charge < -0.3 is 4.90 Å². The van der Waals surface area contributed by atoms with Crippen LogP contribution >= 0.6 is 0 Å². The monoisotopic (exact) mass is 428 g/mol. The summed E-state index contributed by atoms with van der Waals surface area (Å²) < 4.78 is 40.3. The number of nitrogens with one attached hydrogen (secondary N) is 1. The van der Waals surface area contributed by atoms with E-state index in [1.807, 2.05) is 6.92 Å². The van der Waals surface area contributed by atoms with Crippen molar-refractivity contribution in [2.24, 2.45) is 0 Å². The van der Waals surface area contributed by atoms with E-state index >= 15 is 0 Å². The van der Waals surface area contributed by atoms with E-state index in [1.165, 1.54) is 22.6 Å². The summed E-state index contributed by atoms with van der Waals surface area (Å²) in [5.41, 5.74) is 2.52. The van der Waals surface area contributed by atoms with Gasteiger partial charge in [-0.3, -0.25) is 9.89 Å². The zero-order valence-corrected chi connectivity index (χ0v) is 17.2. The lowest BCUT2D eigenvalue weighted by Gasteiger charge is -2.34. The highest BCUT2D eigenvalue weighted by molar-refractivity contribution is 7.89. The van der Waals surface area contributed by atoms with Gasteiger partial charge in [-0.15, -0.1) is 0 Å². The van der Waals surface area contributed by atoms with Gasteiger partial charge in [0.1, 0.15) is 5.82 Å². The number of piperazine rings is 1. The fraction of sp³-hybridized carbons (Fsp3) is 0.238. The van der Waals surface area contributed by atoms with E-state index in [4.69, 9.17) is 0 Å². The molecule has 1 N–H and O–H groups in total. The summed E-state index contributed by atoms with van der Waals surface area (Å²) in [5, 5.41) is 6.76. The largest absolute Gasteiger partial charge is 0.336 e. The van der Waals surface area contributed by atoms with Gasteiger partial charge in [-0.1, -0.05) is 17.7 Å². The third-order valence-corrected chi connectivity index (χ3v) is 7.10. The van der Waals surface area contributed by atoms with Crippen LogP contribution in [0.25, 0.3) is 11.3 Å². The summed E-state index contributed by atoms with van der Waals surface area (Å²) in [6.07, 6.45) is 1.44. The van der Waals surface area contributed by atoms with Gasteiger partial charge >= 0.3 is 0 Å². The number of aryl methyl sites for hydroxylation is 1. The van der Waals surface area contributed by atoms with Crippen molar-refractivity contribution in [2.45, 2.75) is 11.8 Å². The van der Waals surface area contributed by atoms with Crippen LogP contribution in [-0.4, -0.2) is 59.9 Å². The Morgan fingerprint density at radius 3 is 2.27 bits per heavy atom. The number of carbonyl (C=O) groups excluding carboxylic acids is 1. The van der Waals surface area contributed by atoms with Crippen LogP contribution in [0.4, 0.5) is 4.39 Å². The Bertz CT molecular complexity index is 1150. The van der Waals surface area contributed by atoms with Crippen LogP contribution in [0.5, 0.6) is 0 Å². The standard InChI is InChI=1S/C21H21FN4O3S/c1-15-2-8-18(9-3-15)30(28,29)26-12-10-25(11-13-26)21(27)19-14-23-24-20(19)16-4-6-17(22)7-5-16/h2-9,14H,10-13H2,1H3,(H,23,24). The Labute approximate surface area is 174 Å². The maximum atomic E-state index is 13.2. The van der Waals surface area contributed by atoms with Crippen molar-refractivity contribution in [3.05, 3.63) is 71.7 Å². The first-order chi connectivity index (χ1) is 14.4. The van der Waals surface area contributed by atoms with Gasteiger partial charge in [0.2, 0.25) is 10.0 Å². The van der Waals surface area contributed by atoms with Crippen molar-refractivity contribution in [3.8, 4) is 11.3 Å². The van der Waals surface area contributed by atoms with E-state index in [1.54, 1.807) is 41.3 Å². The fourth-order valence-electron chi connectivity index (χ4n) is 3.45. The van der Waals surface area contributed by atoms with Crippen molar-refractivity contribution >= 4 is 15.9 Å². The number of carbonyl (C=O) groups is 1. The third-order valence-electron chi connectivity index (χ3n) is 5.19. The van der Waals surface area contributed by atoms with Gasteiger partial charge in [-0.2, -0.15) is 9.40 Å². The van der Waals surface area contributed by atoms with E-state index in [0.29, 0.717) is 16.8 Å². The molecule has 4 rings (SSSR count). The molecule has 1 fully saturated rings. The maximum absolute atomic E-state index is 13.2. The molecule has 9 heteroatoms. The molecule has 0 spiro atoms. The van der Waals surface area contributed by atoms with Crippen LogP contribution in [0.15, 0.2) is 59.6 Å². The number of halogens is 1. The lowest BCUT2D eigenvalue weighted by atomic mass is 10.1. The van der Waals surface area contributed by atoms with Gasteiger partial charge in [0, 0.05) is 31.7 Å². The number of benzene rings is 2. The average molecular weight is 428 g/mol. The number of aromatic nitrogens is 2. The average Bonchev–Trinajstić information content (AvgIpc) is 3.24. The van der Waals surface area contributed by atoms with Gasteiger partial charge in [-0.25, -0.2) is 12.8 Å². The summed E-state index contributed by atoms with van der Waals surface area (Å²) in [4.78, 5) is 14.9. The SMILES string of the molecule is Cc1ccc(S(=O)(=O)N2CCN(C(=O)c3cn[nH]c3-c3ccc(F)cc3)CC2)cc1. The summed E-state index contributed by atoms with van der Waals surface area (Å²) in [5.74, 6) is -0.604. The molecule has 1 aromatic heterocycles. The van der Waals surface area contributed by atoms with Crippen molar-refractivity contribution in [3.63, 3.8) is 0 Å². The molecule has 0 aliphatic carbocycles. The molecule has 2 heterocycles. The van der Waals surface area contributed by atoms with Gasteiger partial charge in [0.25, 0.3) is 5.91 Å². The van der Waals surface area contributed by atoms with Crippen molar-refractivity contribution in [2.75, 3.05) is 26.2 Å². The van der Waals surface area contributed by atoms with Crippen molar-refractivity contribution < 1.29 is 17.6 Å². The van der Waals surface area contributed by atoms with Gasteiger partial charge in [0.05, 0.1) is 22.3 Å². The Hall–Kier alpha value is -3.04. The summed E-state index contributed by atoms with van der Waals surface area (Å²) in [6.45, 7) is 2.88. The molecule has 7 nitrogen and oxygen atoms in total. The van der Waals surface area contributed by atoms with Gasteiger partial charge in [0.15, 0.2) is 0 Å². The minimum atomic E-state index is -3.60. The number of aromatic amines is 1. The second kappa shape index (κ2) is 8.00. The molecule has 1 saturated heterocycles.